The maximum atomic E-state index is 11.4. The van der Waals surface area contributed by atoms with E-state index in [0.29, 0.717) is 17.6 Å². The van der Waals surface area contributed by atoms with Gasteiger partial charge in [-0.2, -0.15) is 0 Å². The Labute approximate surface area is 113 Å². The first kappa shape index (κ1) is 12.5. The van der Waals surface area contributed by atoms with Crippen molar-refractivity contribution in [2.24, 2.45) is 0 Å². The van der Waals surface area contributed by atoms with Gasteiger partial charge < -0.3 is 14.7 Å². The number of hydrogen-bond donors (Lipinski definition) is 1. The van der Waals surface area contributed by atoms with Crippen molar-refractivity contribution in [2.45, 2.75) is 43.9 Å². The first-order valence-electron chi connectivity index (χ1n) is 6.84. The lowest BCUT2D eigenvalue weighted by Crippen LogP contribution is -2.44. The lowest BCUT2D eigenvalue weighted by Gasteiger charge is -2.39. The maximum Gasteiger partial charge on any atom is 0.337 e. The van der Waals surface area contributed by atoms with E-state index in [-0.39, 0.29) is 12.1 Å². The number of nitrogens with zero attached hydrogens (tertiary/aromatic N) is 1. The average Bonchev–Trinajstić information content (AvgIpc) is 2.70. The summed E-state index contributed by atoms with van der Waals surface area (Å²) in [6.07, 6.45) is 3.87. The molecule has 2 unspecified atom stereocenters. The van der Waals surface area contributed by atoms with Crippen molar-refractivity contribution >= 4 is 11.7 Å². The Bertz CT molecular complexity index is 457. The molecular weight excluding hydrogens is 242 g/mol. The lowest BCUT2D eigenvalue weighted by molar-refractivity contribution is 0.0601. The fraction of sp³-hybridized carbons (Fsp3) is 0.533. The second kappa shape index (κ2) is 4.85. The van der Waals surface area contributed by atoms with Crippen LogP contribution in [0.5, 0.6) is 0 Å². The van der Waals surface area contributed by atoms with Crippen LogP contribution < -0.4 is 4.90 Å². The predicted molar refractivity (Wildman–Crippen MR) is 72.3 cm³/mol. The smallest absolute Gasteiger partial charge is 0.337 e. The highest BCUT2D eigenvalue weighted by molar-refractivity contribution is 5.89. The summed E-state index contributed by atoms with van der Waals surface area (Å²) in [5, 5.41) is 9.82. The van der Waals surface area contributed by atoms with Gasteiger partial charge in [0.1, 0.15) is 0 Å². The number of carbonyl (C=O) groups excluding carboxylic acids is 1. The molecule has 102 valence electrons. The molecule has 19 heavy (non-hydrogen) atoms. The highest BCUT2D eigenvalue weighted by Crippen LogP contribution is 2.39. The van der Waals surface area contributed by atoms with Crippen LogP contribution in [0.15, 0.2) is 24.3 Å². The van der Waals surface area contributed by atoms with Crippen LogP contribution in [0.3, 0.4) is 0 Å². The summed E-state index contributed by atoms with van der Waals surface area (Å²) in [6.45, 7) is 0. The minimum Gasteiger partial charge on any atom is -0.465 e. The number of hydrogen-bond acceptors (Lipinski definition) is 4. The van der Waals surface area contributed by atoms with Gasteiger partial charge in [-0.3, -0.25) is 0 Å². The standard InChI is InChI=1S/C15H19NO3/c1-19-15(18)10-2-4-11(5-3-10)16-12-6-7-13(16)9-14(17)8-12/h2-5,12-14,17H,6-9H2,1H3. The first-order chi connectivity index (χ1) is 9.19. The molecule has 0 spiro atoms. The molecule has 0 amide bonds. The summed E-state index contributed by atoms with van der Waals surface area (Å²) in [5.41, 5.74) is 1.72. The summed E-state index contributed by atoms with van der Waals surface area (Å²) in [6, 6.07) is 8.47. The van der Waals surface area contributed by atoms with Crippen LogP contribution in [0.4, 0.5) is 5.69 Å². The summed E-state index contributed by atoms with van der Waals surface area (Å²) >= 11 is 0. The topological polar surface area (TPSA) is 49.8 Å². The minimum atomic E-state index is -0.302. The second-order valence-electron chi connectivity index (χ2n) is 5.46. The van der Waals surface area contributed by atoms with Crippen molar-refractivity contribution in [3.8, 4) is 0 Å². The van der Waals surface area contributed by atoms with E-state index in [1.807, 2.05) is 24.3 Å². The number of methoxy groups -OCH3 is 1. The number of esters is 1. The van der Waals surface area contributed by atoms with E-state index >= 15 is 0 Å². The van der Waals surface area contributed by atoms with Gasteiger partial charge in [-0.15, -0.1) is 0 Å². The lowest BCUT2D eigenvalue weighted by atomic mass is 9.99. The molecule has 0 radical (unpaired) electrons. The maximum absolute atomic E-state index is 11.4. The molecule has 4 heteroatoms. The number of aliphatic hydroxyl groups excluding tert-OH is 1. The first-order valence-corrected chi connectivity index (χ1v) is 6.84. The number of carbonyl (C=O) groups is 1. The number of benzene rings is 1. The van der Waals surface area contributed by atoms with Gasteiger partial charge in [0.2, 0.25) is 0 Å². The largest absolute Gasteiger partial charge is 0.465 e. The van der Waals surface area contributed by atoms with Gasteiger partial charge in [0.25, 0.3) is 0 Å². The molecule has 2 aliphatic rings. The molecule has 0 saturated carbocycles. The number of fused-ring (bicyclic) bond motifs is 2. The monoisotopic (exact) mass is 261 g/mol. The third-order valence-corrected chi connectivity index (χ3v) is 4.29. The van der Waals surface area contributed by atoms with Crippen molar-refractivity contribution in [2.75, 3.05) is 12.0 Å². The number of rotatable bonds is 2. The van der Waals surface area contributed by atoms with Crippen molar-refractivity contribution in [3.05, 3.63) is 29.8 Å². The van der Waals surface area contributed by atoms with Crippen molar-refractivity contribution in [3.63, 3.8) is 0 Å². The minimum absolute atomic E-state index is 0.150. The number of piperidine rings is 1. The molecule has 3 rings (SSSR count). The Kier molecular flexibility index (Phi) is 3.19. The van der Waals surface area contributed by atoms with Crippen LogP contribution in [0.25, 0.3) is 0 Å². The van der Waals surface area contributed by atoms with Crippen molar-refractivity contribution in [1.82, 2.24) is 0 Å². The van der Waals surface area contributed by atoms with E-state index < -0.39 is 0 Å². The predicted octanol–water partition coefficient (Wildman–Crippen LogP) is 1.97. The van der Waals surface area contributed by atoms with Gasteiger partial charge in [0, 0.05) is 17.8 Å². The van der Waals surface area contributed by atoms with Crippen LogP contribution in [-0.4, -0.2) is 36.4 Å². The molecule has 2 aliphatic heterocycles. The van der Waals surface area contributed by atoms with Crippen molar-refractivity contribution in [1.29, 1.82) is 0 Å². The molecule has 1 aromatic carbocycles. The van der Waals surface area contributed by atoms with Gasteiger partial charge in [0.15, 0.2) is 0 Å². The molecule has 1 aromatic rings. The van der Waals surface area contributed by atoms with Gasteiger partial charge >= 0.3 is 5.97 Å². The molecular formula is C15H19NO3. The van der Waals surface area contributed by atoms with Crippen LogP contribution in [0.1, 0.15) is 36.0 Å². The third kappa shape index (κ3) is 2.21. The normalized spacial score (nSPS) is 29.4. The zero-order valence-electron chi connectivity index (χ0n) is 11.1. The van der Waals surface area contributed by atoms with Gasteiger partial charge in [-0.25, -0.2) is 4.79 Å². The van der Waals surface area contributed by atoms with Crippen LogP contribution in [-0.2, 0) is 4.74 Å². The number of aliphatic hydroxyl groups is 1. The van der Waals surface area contributed by atoms with E-state index in [1.165, 1.54) is 7.11 Å². The molecule has 1 N–H and O–H groups in total. The van der Waals surface area contributed by atoms with Crippen LogP contribution in [0, 0.1) is 0 Å². The van der Waals surface area contributed by atoms with Crippen LogP contribution >= 0.6 is 0 Å². The summed E-state index contributed by atoms with van der Waals surface area (Å²) in [5.74, 6) is -0.302. The second-order valence-corrected chi connectivity index (χ2v) is 5.46. The van der Waals surface area contributed by atoms with Crippen LogP contribution in [0.2, 0.25) is 0 Å². The molecule has 4 nitrogen and oxygen atoms in total. The molecule has 0 aliphatic carbocycles. The SMILES string of the molecule is COC(=O)c1ccc(N2C3CCC2CC(O)C3)cc1. The third-order valence-electron chi connectivity index (χ3n) is 4.29. The Balaban J connectivity index is 1.81. The van der Waals surface area contributed by atoms with Gasteiger partial charge in [-0.1, -0.05) is 0 Å². The molecule has 2 bridgehead atoms. The Morgan fingerprint density at radius 3 is 2.32 bits per heavy atom. The summed E-state index contributed by atoms with van der Waals surface area (Å²) in [7, 11) is 1.39. The Morgan fingerprint density at radius 2 is 1.79 bits per heavy atom. The molecule has 0 aromatic heterocycles. The molecule has 2 saturated heterocycles. The van der Waals surface area contributed by atoms with Gasteiger partial charge in [0.05, 0.1) is 18.8 Å². The quantitative estimate of drug-likeness (QED) is 0.827. The zero-order chi connectivity index (χ0) is 13.4. The fourth-order valence-corrected chi connectivity index (χ4v) is 3.46. The number of ether oxygens (including phenoxy) is 1. The van der Waals surface area contributed by atoms with Crippen molar-refractivity contribution < 1.29 is 14.6 Å². The zero-order valence-corrected chi connectivity index (χ0v) is 11.1. The van der Waals surface area contributed by atoms with Gasteiger partial charge in [-0.05, 0) is 49.9 Å². The molecule has 2 heterocycles. The molecule has 2 fully saturated rings. The highest BCUT2D eigenvalue weighted by atomic mass is 16.5. The van der Waals surface area contributed by atoms with E-state index in [9.17, 15) is 9.90 Å². The average molecular weight is 261 g/mol. The van der Waals surface area contributed by atoms with E-state index in [2.05, 4.69) is 4.90 Å². The molecule has 2 atom stereocenters. The van der Waals surface area contributed by atoms with E-state index in [1.54, 1.807) is 0 Å². The Morgan fingerprint density at radius 1 is 1.21 bits per heavy atom. The number of anilines is 1. The summed E-state index contributed by atoms with van der Waals surface area (Å²) in [4.78, 5) is 13.8. The van der Waals surface area contributed by atoms with E-state index in [4.69, 9.17) is 4.74 Å². The Hall–Kier alpha value is -1.55. The highest BCUT2D eigenvalue weighted by Gasteiger charge is 2.40. The fourth-order valence-electron chi connectivity index (χ4n) is 3.46. The summed E-state index contributed by atoms with van der Waals surface area (Å²) < 4.78 is 4.70. The van der Waals surface area contributed by atoms with E-state index in [0.717, 1.165) is 31.4 Å².